The molecule has 3 N–H and O–H groups in total. The molecule has 0 saturated carbocycles. The molecule has 1 aliphatic heterocycles. The van der Waals surface area contributed by atoms with Gasteiger partial charge in [0.2, 0.25) is 5.95 Å². The summed E-state index contributed by atoms with van der Waals surface area (Å²) in [6, 6.07) is 3.36. The van der Waals surface area contributed by atoms with Gasteiger partial charge in [-0.2, -0.15) is 14.3 Å². The monoisotopic (exact) mass is 443 g/mol. The van der Waals surface area contributed by atoms with Gasteiger partial charge in [0.1, 0.15) is 9.73 Å². The number of H-pyrrole nitrogens is 1. The molecule has 25 heavy (non-hydrogen) atoms. The Morgan fingerprint density at radius 3 is 2.64 bits per heavy atom. The third-order valence-corrected chi connectivity index (χ3v) is 7.95. The van der Waals surface area contributed by atoms with Crippen LogP contribution in [0.5, 0.6) is 0 Å². The van der Waals surface area contributed by atoms with E-state index in [1.54, 1.807) is 12.1 Å². The van der Waals surface area contributed by atoms with E-state index in [0.29, 0.717) is 47.4 Å². The number of thiophene rings is 1. The summed E-state index contributed by atoms with van der Waals surface area (Å²) in [4.78, 5) is 17.5. The fourth-order valence-corrected chi connectivity index (χ4v) is 6.35. The number of halogens is 1. The lowest BCUT2D eigenvalue weighted by molar-refractivity contribution is 0.385. The predicted octanol–water partition coefficient (Wildman–Crippen LogP) is 1.27. The molecule has 0 amide bonds. The zero-order valence-corrected chi connectivity index (χ0v) is 16.1. The molecule has 12 heteroatoms. The van der Waals surface area contributed by atoms with Gasteiger partial charge in [0.15, 0.2) is 11.5 Å². The molecule has 0 atom stereocenters. The number of hydrogen-bond donors (Lipinski definition) is 2. The van der Waals surface area contributed by atoms with Gasteiger partial charge in [0.25, 0.3) is 10.0 Å². The Hall–Kier alpha value is -1.76. The van der Waals surface area contributed by atoms with Crippen LogP contribution in [0.2, 0.25) is 0 Å². The van der Waals surface area contributed by atoms with Gasteiger partial charge in [0, 0.05) is 26.2 Å². The number of sulfonamides is 1. The number of nitrogens with one attached hydrogen (secondary N) is 1. The molecule has 0 aromatic carbocycles. The number of aromatic amines is 1. The first-order valence-corrected chi connectivity index (χ1v) is 10.5. The molecule has 4 rings (SSSR count). The van der Waals surface area contributed by atoms with Crippen molar-refractivity contribution in [1.29, 1.82) is 0 Å². The van der Waals surface area contributed by atoms with Crippen LogP contribution in [0.3, 0.4) is 0 Å². The molecule has 0 radical (unpaired) electrons. The van der Waals surface area contributed by atoms with Gasteiger partial charge < -0.3 is 15.6 Å². The highest BCUT2D eigenvalue weighted by Crippen LogP contribution is 2.30. The van der Waals surface area contributed by atoms with Gasteiger partial charge in [-0.15, -0.1) is 11.3 Å². The molecule has 0 bridgehead atoms. The quantitative estimate of drug-likeness (QED) is 0.624. The number of imidazole rings is 1. The molecule has 0 unspecified atom stereocenters. The maximum atomic E-state index is 12.7. The summed E-state index contributed by atoms with van der Waals surface area (Å²) in [6.45, 7) is 1.77. The molecule has 3 aromatic heterocycles. The second-order valence-electron chi connectivity index (χ2n) is 5.46. The van der Waals surface area contributed by atoms with Crippen molar-refractivity contribution in [3.63, 3.8) is 0 Å². The van der Waals surface area contributed by atoms with Crippen LogP contribution in [-0.2, 0) is 10.0 Å². The summed E-state index contributed by atoms with van der Waals surface area (Å²) in [5, 5.41) is 0. The van der Waals surface area contributed by atoms with Crippen molar-refractivity contribution in [2.24, 2.45) is 0 Å². The van der Waals surface area contributed by atoms with Gasteiger partial charge in [-0.3, -0.25) is 0 Å². The maximum absolute atomic E-state index is 12.7. The summed E-state index contributed by atoms with van der Waals surface area (Å²) < 4.78 is 28.0. The highest BCUT2D eigenvalue weighted by Gasteiger charge is 2.30. The van der Waals surface area contributed by atoms with Crippen molar-refractivity contribution in [3.8, 4) is 0 Å². The Bertz CT molecular complexity index is 1020. The van der Waals surface area contributed by atoms with Crippen LogP contribution in [0.25, 0.3) is 11.2 Å². The minimum Gasteiger partial charge on any atom is -0.368 e. The molecule has 3 aromatic rings. The first-order chi connectivity index (χ1) is 11.9. The van der Waals surface area contributed by atoms with E-state index in [1.807, 2.05) is 4.90 Å². The first-order valence-electron chi connectivity index (χ1n) is 7.42. The SMILES string of the molecule is Nc1nc(N2CCN(S(=O)(=O)c3ccc(Br)s3)CC2)c2[nH]cnc2n1. The van der Waals surface area contributed by atoms with Crippen LogP contribution < -0.4 is 10.6 Å². The summed E-state index contributed by atoms with van der Waals surface area (Å²) >= 11 is 4.52. The van der Waals surface area contributed by atoms with Gasteiger partial charge >= 0.3 is 0 Å². The van der Waals surface area contributed by atoms with Crippen LogP contribution in [-0.4, -0.2) is 58.8 Å². The van der Waals surface area contributed by atoms with Gasteiger partial charge in [0.05, 0.1) is 10.1 Å². The zero-order valence-electron chi connectivity index (χ0n) is 12.9. The number of anilines is 2. The molecular formula is C13H14BrN7O2S2. The average Bonchev–Trinajstić information content (AvgIpc) is 3.23. The number of rotatable bonds is 3. The Morgan fingerprint density at radius 2 is 1.96 bits per heavy atom. The Balaban J connectivity index is 1.56. The summed E-state index contributed by atoms with van der Waals surface area (Å²) in [5.41, 5.74) is 6.96. The van der Waals surface area contributed by atoms with E-state index in [1.165, 1.54) is 22.0 Å². The molecule has 1 saturated heterocycles. The third-order valence-electron chi connectivity index (χ3n) is 3.96. The normalized spacial score (nSPS) is 16.6. The van der Waals surface area contributed by atoms with Gasteiger partial charge in [-0.25, -0.2) is 13.4 Å². The topological polar surface area (TPSA) is 121 Å². The van der Waals surface area contributed by atoms with Crippen LogP contribution >= 0.6 is 27.3 Å². The number of piperazine rings is 1. The van der Waals surface area contributed by atoms with Crippen molar-refractivity contribution in [2.75, 3.05) is 36.8 Å². The molecule has 1 aliphatic rings. The zero-order chi connectivity index (χ0) is 17.6. The first kappa shape index (κ1) is 16.7. The van der Waals surface area contributed by atoms with E-state index in [0.717, 1.165) is 3.79 Å². The second-order valence-corrected chi connectivity index (χ2v) is 10.1. The van der Waals surface area contributed by atoms with E-state index in [9.17, 15) is 8.42 Å². The number of hydrogen-bond acceptors (Lipinski definition) is 8. The number of fused-ring (bicyclic) bond motifs is 1. The molecule has 1 fully saturated rings. The van der Waals surface area contributed by atoms with Crippen molar-refractivity contribution in [2.45, 2.75) is 4.21 Å². The second kappa shape index (κ2) is 6.20. The van der Waals surface area contributed by atoms with Crippen molar-refractivity contribution in [3.05, 3.63) is 22.2 Å². The minimum atomic E-state index is -3.47. The van der Waals surface area contributed by atoms with E-state index < -0.39 is 10.0 Å². The van der Waals surface area contributed by atoms with Crippen LogP contribution in [0.1, 0.15) is 0 Å². The molecule has 4 heterocycles. The largest absolute Gasteiger partial charge is 0.368 e. The van der Waals surface area contributed by atoms with Crippen LogP contribution in [0, 0.1) is 0 Å². The fourth-order valence-electron chi connectivity index (χ4n) is 2.77. The number of nitrogens with two attached hydrogens (primary N) is 1. The molecule has 0 spiro atoms. The van der Waals surface area contributed by atoms with Crippen LogP contribution in [0.15, 0.2) is 26.5 Å². The highest BCUT2D eigenvalue weighted by molar-refractivity contribution is 9.11. The number of nitrogens with zero attached hydrogens (tertiary/aromatic N) is 5. The van der Waals surface area contributed by atoms with E-state index in [2.05, 4.69) is 35.9 Å². The lowest BCUT2D eigenvalue weighted by Gasteiger charge is -2.34. The number of aromatic nitrogens is 4. The van der Waals surface area contributed by atoms with Crippen molar-refractivity contribution < 1.29 is 8.42 Å². The number of nitrogen functional groups attached to an aromatic ring is 1. The predicted molar refractivity (Wildman–Crippen MR) is 99.1 cm³/mol. The summed E-state index contributed by atoms with van der Waals surface area (Å²) in [5.74, 6) is 0.795. The smallest absolute Gasteiger partial charge is 0.252 e. The molecule has 9 nitrogen and oxygen atoms in total. The molecule has 0 aliphatic carbocycles. The summed E-state index contributed by atoms with van der Waals surface area (Å²) in [7, 11) is -3.47. The van der Waals surface area contributed by atoms with Crippen molar-refractivity contribution in [1.82, 2.24) is 24.2 Å². The van der Waals surface area contributed by atoms with Gasteiger partial charge in [-0.1, -0.05) is 0 Å². The minimum absolute atomic E-state index is 0.146. The Kier molecular flexibility index (Phi) is 4.14. The highest BCUT2D eigenvalue weighted by atomic mass is 79.9. The van der Waals surface area contributed by atoms with E-state index >= 15 is 0 Å². The standard InChI is InChI=1S/C13H14BrN7O2S2/c14-8-1-2-9(24-8)25(22,23)21-5-3-20(4-6-21)12-10-11(17-7-16-10)18-13(15)19-12/h1-2,7H,3-6H2,(H3,15,16,17,18,19). The van der Waals surface area contributed by atoms with Crippen molar-refractivity contribution >= 4 is 60.2 Å². The van der Waals surface area contributed by atoms with E-state index in [4.69, 9.17) is 5.73 Å². The van der Waals surface area contributed by atoms with Gasteiger partial charge in [-0.05, 0) is 28.1 Å². The average molecular weight is 444 g/mol. The lowest BCUT2D eigenvalue weighted by atomic mass is 10.3. The third kappa shape index (κ3) is 2.99. The Morgan fingerprint density at radius 1 is 1.20 bits per heavy atom. The van der Waals surface area contributed by atoms with E-state index in [-0.39, 0.29) is 5.95 Å². The van der Waals surface area contributed by atoms with Crippen LogP contribution in [0.4, 0.5) is 11.8 Å². The maximum Gasteiger partial charge on any atom is 0.252 e. The fraction of sp³-hybridized carbons (Fsp3) is 0.308. The molecular weight excluding hydrogens is 430 g/mol. The Labute approximate surface area is 156 Å². The molecule has 132 valence electrons. The lowest BCUT2D eigenvalue weighted by Crippen LogP contribution is -2.48. The summed E-state index contributed by atoms with van der Waals surface area (Å²) in [6.07, 6.45) is 1.54.